The van der Waals surface area contributed by atoms with Crippen molar-refractivity contribution in [2.75, 3.05) is 13.1 Å². The summed E-state index contributed by atoms with van der Waals surface area (Å²) in [5.74, 6) is 0.410. The number of rotatable bonds is 4. The fourth-order valence-electron chi connectivity index (χ4n) is 3.81. The van der Waals surface area contributed by atoms with E-state index in [0.717, 1.165) is 43.2 Å². The van der Waals surface area contributed by atoms with Crippen LogP contribution in [0.3, 0.4) is 0 Å². The summed E-state index contributed by atoms with van der Waals surface area (Å²) < 4.78 is 1.11. The highest BCUT2D eigenvalue weighted by atomic mass is 79.9. The highest BCUT2D eigenvalue weighted by Crippen LogP contribution is 2.32. The van der Waals surface area contributed by atoms with Gasteiger partial charge in [0.25, 0.3) is 0 Å². The Morgan fingerprint density at radius 2 is 1.95 bits per heavy atom. The Morgan fingerprint density at radius 3 is 2.59 bits per heavy atom. The monoisotopic (exact) mass is 364 g/mol. The Morgan fingerprint density at radius 1 is 1.23 bits per heavy atom. The summed E-state index contributed by atoms with van der Waals surface area (Å²) in [6, 6.07) is 8.52. The molecule has 1 amide bonds. The van der Waals surface area contributed by atoms with E-state index in [0.29, 0.717) is 0 Å². The summed E-state index contributed by atoms with van der Waals surface area (Å²) >= 11 is 3.49. The van der Waals surface area contributed by atoms with E-state index in [1.807, 2.05) is 0 Å². The molecule has 1 aliphatic heterocycles. The summed E-state index contributed by atoms with van der Waals surface area (Å²) in [5, 5.41) is 6.74. The van der Waals surface area contributed by atoms with Gasteiger partial charge in [-0.3, -0.25) is 4.79 Å². The van der Waals surface area contributed by atoms with Gasteiger partial charge in [0.05, 0.1) is 5.92 Å². The fraction of sp³-hybridized carbons (Fsp3) is 0.611. The van der Waals surface area contributed by atoms with Gasteiger partial charge >= 0.3 is 0 Å². The molecular weight excluding hydrogens is 340 g/mol. The second-order valence-electron chi connectivity index (χ2n) is 6.82. The Balaban J connectivity index is 1.72. The van der Waals surface area contributed by atoms with Crippen LogP contribution in [-0.4, -0.2) is 24.5 Å². The number of benzene rings is 1. The second kappa shape index (κ2) is 7.14. The van der Waals surface area contributed by atoms with Crippen LogP contribution in [-0.2, 0) is 11.2 Å². The molecule has 2 aliphatic rings. The predicted octanol–water partition coefficient (Wildman–Crippen LogP) is 3.42. The van der Waals surface area contributed by atoms with Gasteiger partial charge in [-0.1, -0.05) is 47.3 Å². The first-order valence-corrected chi connectivity index (χ1v) is 9.23. The molecule has 1 unspecified atom stereocenters. The number of carbonyl (C=O) groups excluding carboxylic acids is 1. The van der Waals surface area contributed by atoms with E-state index in [4.69, 9.17) is 0 Å². The molecule has 0 bridgehead atoms. The van der Waals surface area contributed by atoms with Crippen molar-refractivity contribution in [2.24, 2.45) is 5.92 Å². The Hall–Kier alpha value is -0.870. The van der Waals surface area contributed by atoms with Crippen LogP contribution < -0.4 is 10.6 Å². The summed E-state index contributed by atoms with van der Waals surface area (Å²) in [6.07, 6.45) is 7.87. The Kier molecular flexibility index (Phi) is 5.19. The largest absolute Gasteiger partial charge is 0.350 e. The molecular formula is C18H25BrN2O. The maximum Gasteiger partial charge on any atom is 0.224 e. The number of hydrogen-bond acceptors (Lipinski definition) is 2. The zero-order valence-corrected chi connectivity index (χ0v) is 14.6. The summed E-state index contributed by atoms with van der Waals surface area (Å²) in [6.45, 7) is 1.80. The molecule has 0 aromatic heterocycles. The average Bonchev–Trinajstić information content (AvgIpc) is 3.05. The minimum Gasteiger partial charge on any atom is -0.350 e. The van der Waals surface area contributed by atoms with E-state index in [2.05, 4.69) is 50.8 Å². The highest BCUT2D eigenvalue weighted by molar-refractivity contribution is 9.10. The van der Waals surface area contributed by atoms with Crippen molar-refractivity contribution >= 4 is 21.8 Å². The molecule has 120 valence electrons. The van der Waals surface area contributed by atoms with Crippen LogP contribution in [0.4, 0.5) is 0 Å². The topological polar surface area (TPSA) is 41.1 Å². The molecule has 3 rings (SSSR count). The summed E-state index contributed by atoms with van der Waals surface area (Å²) in [7, 11) is 0. The van der Waals surface area contributed by atoms with Crippen LogP contribution >= 0.6 is 15.9 Å². The lowest BCUT2D eigenvalue weighted by atomic mass is 9.77. The molecule has 3 nitrogen and oxygen atoms in total. The number of carbonyl (C=O) groups is 1. The number of amides is 1. The normalized spacial score (nSPS) is 24.1. The van der Waals surface area contributed by atoms with Gasteiger partial charge in [-0.25, -0.2) is 0 Å². The standard InChI is InChI=1S/C18H25BrN2O/c19-16-6-4-14(5-7-16)12-18(9-2-1-3-10-18)21-17(22)15-8-11-20-13-15/h4-7,15,20H,1-3,8-13H2,(H,21,22). The molecule has 4 heteroatoms. The third-order valence-electron chi connectivity index (χ3n) is 5.09. The van der Waals surface area contributed by atoms with Crippen LogP contribution in [0.15, 0.2) is 28.7 Å². The molecule has 1 aliphatic carbocycles. The molecule has 0 radical (unpaired) electrons. The number of nitrogens with one attached hydrogen (secondary N) is 2. The van der Waals surface area contributed by atoms with Crippen molar-refractivity contribution in [1.29, 1.82) is 0 Å². The average molecular weight is 365 g/mol. The number of hydrogen-bond donors (Lipinski definition) is 2. The van der Waals surface area contributed by atoms with Crippen LogP contribution in [0.1, 0.15) is 44.1 Å². The summed E-state index contributed by atoms with van der Waals surface area (Å²) in [4.78, 5) is 12.6. The van der Waals surface area contributed by atoms with Crippen LogP contribution in [0.25, 0.3) is 0 Å². The van der Waals surface area contributed by atoms with Gasteiger partial charge in [0, 0.05) is 16.6 Å². The van der Waals surface area contributed by atoms with Gasteiger partial charge in [-0.05, 0) is 49.9 Å². The van der Waals surface area contributed by atoms with Crippen molar-refractivity contribution in [1.82, 2.24) is 10.6 Å². The lowest BCUT2D eigenvalue weighted by Crippen LogP contribution is -2.53. The third kappa shape index (κ3) is 3.90. The van der Waals surface area contributed by atoms with Crippen molar-refractivity contribution in [3.63, 3.8) is 0 Å². The van der Waals surface area contributed by atoms with Crippen molar-refractivity contribution in [2.45, 2.75) is 50.5 Å². The maximum atomic E-state index is 12.6. The van der Waals surface area contributed by atoms with Crippen LogP contribution in [0.5, 0.6) is 0 Å². The quantitative estimate of drug-likeness (QED) is 0.859. The first-order valence-electron chi connectivity index (χ1n) is 8.44. The van der Waals surface area contributed by atoms with Crippen LogP contribution in [0.2, 0.25) is 0 Å². The molecule has 1 atom stereocenters. The van der Waals surface area contributed by atoms with Gasteiger partial charge < -0.3 is 10.6 Å². The van der Waals surface area contributed by atoms with Gasteiger partial charge in [-0.2, -0.15) is 0 Å². The van der Waals surface area contributed by atoms with Gasteiger partial charge in [0.1, 0.15) is 0 Å². The first-order chi connectivity index (χ1) is 10.7. The Bertz CT molecular complexity index is 502. The lowest BCUT2D eigenvalue weighted by molar-refractivity contribution is -0.126. The van der Waals surface area contributed by atoms with E-state index in [9.17, 15) is 4.79 Å². The molecule has 1 saturated carbocycles. The molecule has 1 saturated heterocycles. The van der Waals surface area contributed by atoms with E-state index in [1.54, 1.807) is 0 Å². The predicted molar refractivity (Wildman–Crippen MR) is 92.8 cm³/mol. The highest BCUT2D eigenvalue weighted by Gasteiger charge is 2.36. The van der Waals surface area contributed by atoms with E-state index >= 15 is 0 Å². The van der Waals surface area contributed by atoms with Gasteiger partial charge in [-0.15, -0.1) is 0 Å². The Labute approximate surface area is 141 Å². The SMILES string of the molecule is O=C(NC1(Cc2ccc(Br)cc2)CCCCC1)C1CCNC1. The third-order valence-corrected chi connectivity index (χ3v) is 5.61. The molecule has 1 aromatic carbocycles. The first kappa shape index (κ1) is 16.0. The zero-order valence-electron chi connectivity index (χ0n) is 13.0. The van der Waals surface area contributed by atoms with E-state index < -0.39 is 0 Å². The van der Waals surface area contributed by atoms with Crippen molar-refractivity contribution < 1.29 is 4.79 Å². The van der Waals surface area contributed by atoms with E-state index in [-0.39, 0.29) is 17.4 Å². The fourth-order valence-corrected chi connectivity index (χ4v) is 4.07. The molecule has 1 heterocycles. The van der Waals surface area contributed by atoms with Crippen molar-refractivity contribution in [3.05, 3.63) is 34.3 Å². The number of halogens is 1. The molecule has 1 aromatic rings. The second-order valence-corrected chi connectivity index (χ2v) is 7.74. The molecule has 2 N–H and O–H groups in total. The molecule has 0 spiro atoms. The minimum atomic E-state index is -0.0360. The smallest absolute Gasteiger partial charge is 0.224 e. The van der Waals surface area contributed by atoms with Gasteiger partial charge in [0.2, 0.25) is 5.91 Å². The lowest BCUT2D eigenvalue weighted by Gasteiger charge is -2.39. The minimum absolute atomic E-state index is 0.0360. The van der Waals surface area contributed by atoms with Crippen molar-refractivity contribution in [3.8, 4) is 0 Å². The summed E-state index contributed by atoms with van der Waals surface area (Å²) in [5.41, 5.74) is 1.28. The zero-order chi connectivity index (χ0) is 15.4. The molecule has 2 fully saturated rings. The van der Waals surface area contributed by atoms with E-state index in [1.165, 1.54) is 24.8 Å². The van der Waals surface area contributed by atoms with Gasteiger partial charge in [0.15, 0.2) is 0 Å². The molecule has 22 heavy (non-hydrogen) atoms. The van der Waals surface area contributed by atoms with Crippen LogP contribution in [0, 0.1) is 5.92 Å². The maximum absolute atomic E-state index is 12.6.